The molecule has 16 heavy (non-hydrogen) atoms. The van der Waals surface area contributed by atoms with Gasteiger partial charge in [-0.25, -0.2) is 0 Å². The number of methoxy groups -OCH3 is 1. The van der Waals surface area contributed by atoms with E-state index < -0.39 is 11.5 Å². The van der Waals surface area contributed by atoms with E-state index in [0.717, 1.165) is 18.6 Å². The van der Waals surface area contributed by atoms with Crippen LogP contribution in [0.2, 0.25) is 0 Å². The fourth-order valence-electron chi connectivity index (χ4n) is 1.89. The number of ether oxygens (including phenoxy) is 1. The minimum Gasteiger partial charge on any atom is -0.480 e. The van der Waals surface area contributed by atoms with E-state index in [9.17, 15) is 9.90 Å². The summed E-state index contributed by atoms with van der Waals surface area (Å²) in [6, 6.07) is 0. The van der Waals surface area contributed by atoms with Gasteiger partial charge in [-0.3, -0.25) is 4.79 Å². The van der Waals surface area contributed by atoms with Gasteiger partial charge in [0.05, 0.1) is 0 Å². The second kappa shape index (κ2) is 6.47. The fourth-order valence-corrected chi connectivity index (χ4v) is 3.10. The van der Waals surface area contributed by atoms with Gasteiger partial charge in [-0.05, 0) is 24.5 Å². The number of carboxylic acids is 1. The molecule has 2 unspecified atom stereocenters. The first-order valence-corrected chi connectivity index (χ1v) is 6.81. The van der Waals surface area contributed by atoms with Crippen molar-refractivity contribution in [1.82, 2.24) is 5.32 Å². The molecule has 1 aliphatic rings. The smallest absolute Gasteiger partial charge is 0.324 e. The molecule has 0 bridgehead atoms. The second-order valence-electron chi connectivity index (χ2n) is 4.48. The van der Waals surface area contributed by atoms with Crippen LogP contribution in [0.1, 0.15) is 19.8 Å². The van der Waals surface area contributed by atoms with E-state index in [1.807, 2.05) is 0 Å². The minimum atomic E-state index is -0.718. The molecule has 0 aromatic heterocycles. The van der Waals surface area contributed by atoms with Crippen LogP contribution in [0, 0.1) is 5.92 Å². The van der Waals surface area contributed by atoms with Crippen molar-refractivity contribution in [3.63, 3.8) is 0 Å². The molecule has 1 aliphatic heterocycles. The van der Waals surface area contributed by atoms with Crippen molar-refractivity contribution in [3.8, 4) is 0 Å². The average Bonchev–Trinajstić information content (AvgIpc) is 2.28. The highest BCUT2D eigenvalue weighted by atomic mass is 32.2. The van der Waals surface area contributed by atoms with E-state index in [-0.39, 0.29) is 0 Å². The molecule has 1 fully saturated rings. The van der Waals surface area contributed by atoms with Gasteiger partial charge in [0.2, 0.25) is 0 Å². The second-order valence-corrected chi connectivity index (χ2v) is 5.59. The molecule has 1 saturated heterocycles. The maximum atomic E-state index is 11.3. The third-order valence-electron chi connectivity index (χ3n) is 2.89. The third kappa shape index (κ3) is 3.64. The van der Waals surface area contributed by atoms with Gasteiger partial charge in [-0.15, -0.1) is 0 Å². The predicted octanol–water partition coefficient (Wildman–Crippen LogP) is 1.21. The highest BCUT2D eigenvalue weighted by Crippen LogP contribution is 2.27. The summed E-state index contributed by atoms with van der Waals surface area (Å²) < 4.78 is 5.04. The van der Waals surface area contributed by atoms with Crippen molar-refractivity contribution in [1.29, 1.82) is 0 Å². The topological polar surface area (TPSA) is 58.6 Å². The fraction of sp³-hybridized carbons (Fsp3) is 0.909. The first-order chi connectivity index (χ1) is 7.60. The quantitative estimate of drug-likeness (QED) is 0.739. The van der Waals surface area contributed by atoms with Crippen molar-refractivity contribution in [2.75, 3.05) is 31.8 Å². The van der Waals surface area contributed by atoms with Gasteiger partial charge >= 0.3 is 5.97 Å². The zero-order valence-electron chi connectivity index (χ0n) is 9.99. The molecular weight excluding hydrogens is 226 g/mol. The zero-order chi connectivity index (χ0) is 12.0. The number of aliphatic carboxylic acids is 1. The van der Waals surface area contributed by atoms with Crippen molar-refractivity contribution >= 4 is 17.7 Å². The first-order valence-electron chi connectivity index (χ1n) is 5.66. The zero-order valence-corrected chi connectivity index (χ0v) is 10.8. The van der Waals surface area contributed by atoms with Gasteiger partial charge in [0.25, 0.3) is 0 Å². The van der Waals surface area contributed by atoms with Crippen molar-refractivity contribution < 1.29 is 14.6 Å². The summed E-state index contributed by atoms with van der Waals surface area (Å²) in [5.74, 6) is 1.37. The molecule has 2 N–H and O–H groups in total. The molecule has 1 heterocycles. The van der Waals surface area contributed by atoms with E-state index in [1.165, 1.54) is 0 Å². The Bertz CT molecular complexity index is 229. The Balaban J connectivity index is 2.47. The van der Waals surface area contributed by atoms with E-state index >= 15 is 0 Å². The molecule has 94 valence electrons. The maximum Gasteiger partial charge on any atom is 0.324 e. The lowest BCUT2D eigenvalue weighted by Gasteiger charge is -2.34. The molecule has 0 aromatic carbocycles. The standard InChI is InChI=1S/C11H21NO3S/c1-9(7-15-2)6-12-11(10(13)14)4-3-5-16-8-11/h9,12H,3-8H2,1-2H3,(H,13,14). The molecule has 0 aliphatic carbocycles. The van der Waals surface area contributed by atoms with Crippen LogP contribution >= 0.6 is 11.8 Å². The summed E-state index contributed by atoms with van der Waals surface area (Å²) in [4.78, 5) is 11.3. The number of rotatable bonds is 6. The lowest BCUT2D eigenvalue weighted by Crippen LogP contribution is -2.56. The van der Waals surface area contributed by atoms with Crippen molar-refractivity contribution in [2.24, 2.45) is 5.92 Å². The predicted molar refractivity (Wildman–Crippen MR) is 66.0 cm³/mol. The summed E-state index contributed by atoms with van der Waals surface area (Å²) in [6.07, 6.45) is 1.71. The van der Waals surface area contributed by atoms with Gasteiger partial charge in [0.15, 0.2) is 0 Å². The number of carboxylic acid groups (broad SMARTS) is 1. The van der Waals surface area contributed by atoms with Crippen LogP contribution in [0.5, 0.6) is 0 Å². The van der Waals surface area contributed by atoms with Crippen LogP contribution in [-0.2, 0) is 9.53 Å². The van der Waals surface area contributed by atoms with E-state index in [0.29, 0.717) is 24.8 Å². The molecule has 5 heteroatoms. The number of hydrogen-bond acceptors (Lipinski definition) is 4. The summed E-state index contributed by atoms with van der Waals surface area (Å²) >= 11 is 1.72. The largest absolute Gasteiger partial charge is 0.480 e. The Hall–Kier alpha value is -0.260. The Morgan fingerprint density at radius 2 is 2.44 bits per heavy atom. The molecular formula is C11H21NO3S. The van der Waals surface area contributed by atoms with Crippen molar-refractivity contribution in [3.05, 3.63) is 0 Å². The summed E-state index contributed by atoms with van der Waals surface area (Å²) in [7, 11) is 1.67. The van der Waals surface area contributed by atoms with Crippen molar-refractivity contribution in [2.45, 2.75) is 25.3 Å². The summed E-state index contributed by atoms with van der Waals surface area (Å²) in [6.45, 7) is 3.42. The lowest BCUT2D eigenvalue weighted by atomic mass is 9.94. The van der Waals surface area contributed by atoms with E-state index in [2.05, 4.69) is 12.2 Å². The SMILES string of the molecule is COCC(C)CNC1(C(=O)O)CCCSC1. The van der Waals surface area contributed by atoms with Crippen LogP contribution in [0.25, 0.3) is 0 Å². The highest BCUT2D eigenvalue weighted by Gasteiger charge is 2.39. The molecule has 4 nitrogen and oxygen atoms in total. The Kier molecular flexibility index (Phi) is 5.58. The number of carbonyl (C=O) groups is 1. The number of thioether (sulfide) groups is 1. The van der Waals surface area contributed by atoms with Crippen LogP contribution in [-0.4, -0.2) is 48.4 Å². The van der Waals surface area contributed by atoms with Crippen LogP contribution < -0.4 is 5.32 Å². The normalized spacial score (nSPS) is 27.6. The maximum absolute atomic E-state index is 11.3. The Morgan fingerprint density at radius 1 is 1.69 bits per heavy atom. The molecule has 0 saturated carbocycles. The molecule has 2 atom stereocenters. The van der Waals surface area contributed by atoms with Crippen LogP contribution in [0.4, 0.5) is 0 Å². The average molecular weight is 247 g/mol. The van der Waals surface area contributed by atoms with Gasteiger partial charge in [0, 0.05) is 26.0 Å². The highest BCUT2D eigenvalue weighted by molar-refractivity contribution is 7.99. The molecule has 0 spiro atoms. The Morgan fingerprint density at radius 3 is 2.94 bits per heavy atom. The van der Waals surface area contributed by atoms with Crippen LogP contribution in [0.3, 0.4) is 0 Å². The Labute approximate surface area is 101 Å². The minimum absolute atomic E-state index is 0.341. The number of hydrogen-bond donors (Lipinski definition) is 2. The van der Waals surface area contributed by atoms with E-state index in [1.54, 1.807) is 18.9 Å². The third-order valence-corrected chi connectivity index (χ3v) is 4.16. The lowest BCUT2D eigenvalue weighted by molar-refractivity contribution is -0.144. The van der Waals surface area contributed by atoms with E-state index in [4.69, 9.17) is 4.74 Å². The molecule has 1 rings (SSSR count). The molecule has 0 amide bonds. The van der Waals surface area contributed by atoms with Crippen LogP contribution in [0.15, 0.2) is 0 Å². The molecule has 0 radical (unpaired) electrons. The monoisotopic (exact) mass is 247 g/mol. The summed E-state index contributed by atoms with van der Waals surface area (Å²) in [5, 5.41) is 12.5. The molecule has 0 aromatic rings. The van der Waals surface area contributed by atoms with Gasteiger partial charge < -0.3 is 15.2 Å². The summed E-state index contributed by atoms with van der Waals surface area (Å²) in [5.41, 5.74) is -0.717. The van der Waals surface area contributed by atoms with Gasteiger partial charge in [-0.1, -0.05) is 6.92 Å². The first kappa shape index (κ1) is 13.8. The number of nitrogens with one attached hydrogen (secondary N) is 1. The van der Waals surface area contributed by atoms with Gasteiger partial charge in [-0.2, -0.15) is 11.8 Å². The van der Waals surface area contributed by atoms with Gasteiger partial charge in [0.1, 0.15) is 5.54 Å².